The quantitative estimate of drug-likeness (QED) is 0.863. The van der Waals surface area contributed by atoms with E-state index in [4.69, 9.17) is 0 Å². The van der Waals surface area contributed by atoms with Gasteiger partial charge in [-0.1, -0.05) is 18.2 Å². The van der Waals surface area contributed by atoms with E-state index < -0.39 is 0 Å². The molecule has 0 aliphatic carbocycles. The van der Waals surface area contributed by atoms with Gasteiger partial charge in [-0.15, -0.1) is 0 Å². The summed E-state index contributed by atoms with van der Waals surface area (Å²) in [4.78, 5) is 28.4. The Morgan fingerprint density at radius 2 is 2.10 bits per heavy atom. The fourth-order valence-electron chi connectivity index (χ4n) is 2.71. The van der Waals surface area contributed by atoms with Crippen molar-refractivity contribution in [1.29, 1.82) is 0 Å². The maximum Gasteiger partial charge on any atom is 0.258 e. The van der Waals surface area contributed by atoms with Crippen molar-refractivity contribution in [2.45, 2.75) is 25.8 Å². The number of fused-ring (bicyclic) bond motifs is 1. The first-order chi connectivity index (χ1) is 9.66. The van der Waals surface area contributed by atoms with E-state index in [1.807, 2.05) is 25.1 Å². The lowest BCUT2D eigenvalue weighted by Gasteiger charge is -2.35. The Morgan fingerprint density at radius 3 is 2.90 bits per heavy atom. The number of aryl methyl sites for hydroxylation is 1. The van der Waals surface area contributed by atoms with Crippen molar-refractivity contribution in [2.75, 3.05) is 4.90 Å². The van der Waals surface area contributed by atoms with E-state index in [1.54, 1.807) is 11.0 Å². The molecule has 1 atom stereocenters. The predicted octanol–water partition coefficient (Wildman–Crippen LogP) is 2.36. The molecule has 1 N–H and O–H groups in total. The summed E-state index contributed by atoms with van der Waals surface area (Å²) in [6.45, 7) is 2.04. The fraction of sp³-hybridized carbons (Fsp3) is 0.250. The number of hydrogen-bond acceptors (Lipinski definition) is 2. The highest BCUT2D eigenvalue weighted by molar-refractivity contribution is 6.07. The topological polar surface area (TPSA) is 53.2 Å². The highest BCUT2D eigenvalue weighted by Gasteiger charge is 2.28. The van der Waals surface area contributed by atoms with Crippen LogP contribution in [0.25, 0.3) is 0 Å². The van der Waals surface area contributed by atoms with Crippen LogP contribution in [0.3, 0.4) is 0 Å². The molecular formula is C16H16N2O2. The highest BCUT2D eigenvalue weighted by atomic mass is 16.2. The molecule has 1 aromatic heterocycles. The average Bonchev–Trinajstić information content (AvgIpc) is 2.46. The number of aromatic nitrogens is 1. The lowest BCUT2D eigenvalue weighted by Crippen LogP contribution is -2.42. The maximum atomic E-state index is 12.7. The number of H-pyrrole nitrogens is 1. The lowest BCUT2D eigenvalue weighted by atomic mass is 9.96. The van der Waals surface area contributed by atoms with Gasteiger partial charge in [0.2, 0.25) is 5.56 Å². The molecule has 0 fully saturated rings. The van der Waals surface area contributed by atoms with Crippen molar-refractivity contribution in [3.05, 3.63) is 64.1 Å². The summed E-state index contributed by atoms with van der Waals surface area (Å²) in [5, 5.41) is 0. The molecular weight excluding hydrogens is 252 g/mol. The third-order valence-electron chi connectivity index (χ3n) is 3.76. The van der Waals surface area contributed by atoms with Gasteiger partial charge < -0.3 is 9.88 Å². The monoisotopic (exact) mass is 268 g/mol. The number of rotatable bonds is 1. The number of benzene rings is 1. The standard InChI is InChI=1S/C16H16N2O2/c1-11-6-7-12-4-2-3-5-14(12)18(11)16(20)13-8-9-17-15(19)10-13/h2-5,8-11H,6-7H2,1H3,(H,17,19). The summed E-state index contributed by atoms with van der Waals surface area (Å²) >= 11 is 0. The molecule has 2 heterocycles. The van der Waals surface area contributed by atoms with Crippen molar-refractivity contribution >= 4 is 11.6 Å². The summed E-state index contributed by atoms with van der Waals surface area (Å²) in [5.41, 5.74) is 2.31. The molecule has 1 aromatic carbocycles. The fourth-order valence-corrected chi connectivity index (χ4v) is 2.71. The molecule has 2 aromatic rings. The second-order valence-corrected chi connectivity index (χ2v) is 5.13. The molecule has 1 amide bonds. The number of anilines is 1. The van der Waals surface area contributed by atoms with Crippen LogP contribution in [0.1, 0.15) is 29.3 Å². The van der Waals surface area contributed by atoms with E-state index >= 15 is 0 Å². The number of nitrogens with zero attached hydrogens (tertiary/aromatic N) is 1. The van der Waals surface area contributed by atoms with Gasteiger partial charge in [-0.05, 0) is 37.5 Å². The largest absolute Gasteiger partial charge is 0.329 e. The minimum Gasteiger partial charge on any atom is -0.329 e. The number of para-hydroxylation sites is 1. The molecule has 3 rings (SSSR count). The number of carbonyl (C=O) groups excluding carboxylic acids is 1. The van der Waals surface area contributed by atoms with Crippen molar-refractivity contribution in [2.24, 2.45) is 0 Å². The van der Waals surface area contributed by atoms with Crippen molar-refractivity contribution in [3.8, 4) is 0 Å². The number of amides is 1. The molecule has 4 heteroatoms. The van der Waals surface area contributed by atoms with E-state index in [0.717, 1.165) is 18.5 Å². The van der Waals surface area contributed by atoms with E-state index in [2.05, 4.69) is 11.1 Å². The molecule has 0 saturated heterocycles. The second-order valence-electron chi connectivity index (χ2n) is 5.13. The van der Waals surface area contributed by atoms with E-state index in [9.17, 15) is 9.59 Å². The third-order valence-corrected chi connectivity index (χ3v) is 3.76. The molecule has 0 bridgehead atoms. The summed E-state index contributed by atoms with van der Waals surface area (Å²) in [6.07, 6.45) is 3.43. The van der Waals surface area contributed by atoms with Crippen LogP contribution in [0.4, 0.5) is 5.69 Å². The smallest absolute Gasteiger partial charge is 0.258 e. The van der Waals surface area contributed by atoms with Crippen LogP contribution in [-0.2, 0) is 6.42 Å². The number of hydrogen-bond donors (Lipinski definition) is 1. The summed E-state index contributed by atoms with van der Waals surface area (Å²) < 4.78 is 0. The Balaban J connectivity index is 2.05. The summed E-state index contributed by atoms with van der Waals surface area (Å²) in [7, 11) is 0. The van der Waals surface area contributed by atoms with E-state index in [0.29, 0.717) is 5.56 Å². The van der Waals surface area contributed by atoms with Crippen LogP contribution in [0.2, 0.25) is 0 Å². The van der Waals surface area contributed by atoms with Crippen molar-refractivity contribution < 1.29 is 4.79 Å². The van der Waals surface area contributed by atoms with Gasteiger partial charge in [0.1, 0.15) is 0 Å². The molecule has 1 aliphatic heterocycles. The molecule has 1 aliphatic rings. The highest BCUT2D eigenvalue weighted by Crippen LogP contribution is 2.31. The SMILES string of the molecule is CC1CCc2ccccc2N1C(=O)c1cc[nH]c(=O)c1. The molecule has 1 unspecified atom stereocenters. The maximum absolute atomic E-state index is 12.7. The molecule has 102 valence electrons. The lowest BCUT2D eigenvalue weighted by molar-refractivity contribution is 0.0975. The minimum absolute atomic E-state index is 0.115. The second kappa shape index (κ2) is 4.96. The first-order valence-corrected chi connectivity index (χ1v) is 6.77. The molecule has 20 heavy (non-hydrogen) atoms. The van der Waals surface area contributed by atoms with Gasteiger partial charge in [0.15, 0.2) is 0 Å². The Bertz CT molecular complexity index is 705. The Labute approximate surface area is 117 Å². The Morgan fingerprint density at radius 1 is 1.30 bits per heavy atom. The minimum atomic E-state index is -0.256. The molecule has 4 nitrogen and oxygen atoms in total. The van der Waals surface area contributed by atoms with Gasteiger partial charge >= 0.3 is 0 Å². The van der Waals surface area contributed by atoms with Crippen molar-refractivity contribution in [3.63, 3.8) is 0 Å². The van der Waals surface area contributed by atoms with Gasteiger partial charge in [0.05, 0.1) is 0 Å². The summed E-state index contributed by atoms with van der Waals surface area (Å²) in [5.74, 6) is -0.115. The number of aromatic amines is 1. The van der Waals surface area contributed by atoms with Crippen LogP contribution >= 0.6 is 0 Å². The Kier molecular flexibility index (Phi) is 3.14. The number of pyridine rings is 1. The van der Waals surface area contributed by atoms with Gasteiger partial charge in [0.25, 0.3) is 5.91 Å². The van der Waals surface area contributed by atoms with Crippen molar-refractivity contribution in [1.82, 2.24) is 4.98 Å². The number of nitrogens with one attached hydrogen (secondary N) is 1. The molecule has 0 saturated carbocycles. The first-order valence-electron chi connectivity index (χ1n) is 6.77. The zero-order chi connectivity index (χ0) is 14.1. The van der Waals surface area contributed by atoms with Gasteiger partial charge in [-0.25, -0.2) is 0 Å². The molecule has 0 radical (unpaired) electrons. The van der Waals surface area contributed by atoms with Gasteiger partial charge in [-0.2, -0.15) is 0 Å². The normalized spacial score (nSPS) is 17.6. The zero-order valence-electron chi connectivity index (χ0n) is 11.3. The van der Waals surface area contributed by atoms with Gasteiger partial charge in [-0.3, -0.25) is 9.59 Å². The van der Waals surface area contributed by atoms with Gasteiger partial charge in [0, 0.05) is 29.6 Å². The van der Waals surface area contributed by atoms with E-state index in [-0.39, 0.29) is 17.5 Å². The van der Waals surface area contributed by atoms with Crippen LogP contribution in [0, 0.1) is 0 Å². The number of carbonyl (C=O) groups is 1. The van der Waals surface area contributed by atoms with Crippen LogP contribution < -0.4 is 10.5 Å². The first kappa shape index (κ1) is 12.7. The van der Waals surface area contributed by atoms with Crippen LogP contribution in [-0.4, -0.2) is 16.9 Å². The zero-order valence-corrected chi connectivity index (χ0v) is 11.3. The summed E-state index contributed by atoms with van der Waals surface area (Å²) in [6, 6.07) is 11.1. The average molecular weight is 268 g/mol. The predicted molar refractivity (Wildman–Crippen MR) is 78.1 cm³/mol. The Hall–Kier alpha value is -2.36. The molecule has 0 spiro atoms. The van der Waals surface area contributed by atoms with Crippen LogP contribution in [0.5, 0.6) is 0 Å². The third kappa shape index (κ3) is 2.13. The van der Waals surface area contributed by atoms with Crippen LogP contribution in [0.15, 0.2) is 47.4 Å². The van der Waals surface area contributed by atoms with E-state index in [1.165, 1.54) is 17.8 Å².